The van der Waals surface area contributed by atoms with Crippen molar-refractivity contribution in [1.82, 2.24) is 9.55 Å². The molecule has 1 aliphatic heterocycles. The van der Waals surface area contributed by atoms with E-state index in [1.54, 1.807) is 10.6 Å². The lowest BCUT2D eigenvalue weighted by atomic mass is 9.86. The van der Waals surface area contributed by atoms with Crippen LogP contribution in [-0.2, 0) is 12.0 Å². The molecule has 2 heterocycles. The zero-order valence-corrected chi connectivity index (χ0v) is 16.2. The molecule has 0 atom stereocenters. The molecule has 0 spiro atoms. The highest BCUT2D eigenvalue weighted by Crippen LogP contribution is 2.29. The second-order valence-electron chi connectivity index (χ2n) is 8.22. The van der Waals surface area contributed by atoms with Crippen molar-refractivity contribution in [2.75, 3.05) is 0 Å². The largest absolute Gasteiger partial charge is 0.478 e. The minimum atomic E-state index is -1.03. The van der Waals surface area contributed by atoms with Crippen molar-refractivity contribution in [2.45, 2.75) is 39.2 Å². The summed E-state index contributed by atoms with van der Waals surface area (Å²) in [5.74, 6) is -0.404. The molecule has 0 saturated carbocycles. The second kappa shape index (κ2) is 6.44. The molecule has 4 rings (SSSR count). The van der Waals surface area contributed by atoms with Crippen molar-refractivity contribution in [3.63, 3.8) is 0 Å². The molecule has 0 fully saturated rings. The van der Waals surface area contributed by atoms with Gasteiger partial charge in [-0.05, 0) is 52.8 Å². The first-order chi connectivity index (χ1) is 13.2. The predicted molar refractivity (Wildman–Crippen MR) is 111 cm³/mol. The first-order valence-corrected chi connectivity index (χ1v) is 9.33. The highest BCUT2D eigenvalue weighted by atomic mass is 16.4. The van der Waals surface area contributed by atoms with Gasteiger partial charge in [0.05, 0.1) is 16.5 Å². The number of carboxylic acid groups (broad SMARTS) is 1. The minimum Gasteiger partial charge on any atom is -0.478 e. The number of fused-ring (bicyclic) bond motifs is 2. The van der Waals surface area contributed by atoms with Gasteiger partial charge in [-0.15, -0.1) is 0 Å². The normalized spacial score (nSPS) is 15.2. The number of carbonyl (C=O) groups is 1. The molecule has 0 amide bonds. The average Bonchev–Trinajstić information content (AvgIpc) is 3.04. The number of hydrogen-bond acceptors (Lipinski definition) is 3. The number of benzene rings is 2. The molecule has 5 nitrogen and oxygen atoms in total. The molecule has 1 aromatic heterocycles. The molecule has 0 unspecified atom stereocenters. The Morgan fingerprint density at radius 3 is 2.50 bits per heavy atom. The number of carboxylic acids is 1. The molecule has 5 heteroatoms. The smallest absolute Gasteiger partial charge is 0.335 e. The van der Waals surface area contributed by atoms with Crippen LogP contribution in [0.4, 0.5) is 0 Å². The number of hydrogen-bond donors (Lipinski definition) is 1. The van der Waals surface area contributed by atoms with Crippen molar-refractivity contribution >= 4 is 28.5 Å². The number of aromatic carboxylic acids is 1. The van der Waals surface area contributed by atoms with Gasteiger partial charge < -0.3 is 5.11 Å². The summed E-state index contributed by atoms with van der Waals surface area (Å²) >= 11 is 0. The molecule has 28 heavy (non-hydrogen) atoms. The molecule has 1 aliphatic rings. The van der Waals surface area contributed by atoms with Crippen LogP contribution in [0.3, 0.4) is 0 Å². The first-order valence-electron chi connectivity index (χ1n) is 9.33. The van der Waals surface area contributed by atoms with Gasteiger partial charge in [-0.1, -0.05) is 45.0 Å². The van der Waals surface area contributed by atoms with Crippen molar-refractivity contribution in [2.24, 2.45) is 0 Å². The fraction of sp³-hybridized carbons (Fsp3) is 0.261. The highest BCUT2D eigenvalue weighted by Gasteiger charge is 2.21. The fourth-order valence-electron chi connectivity index (χ4n) is 3.57. The molecule has 1 N–H and O–H groups in total. The van der Waals surface area contributed by atoms with E-state index in [-0.39, 0.29) is 16.5 Å². The van der Waals surface area contributed by atoms with E-state index in [4.69, 9.17) is 0 Å². The summed E-state index contributed by atoms with van der Waals surface area (Å²) in [7, 11) is 0. The van der Waals surface area contributed by atoms with E-state index in [1.807, 2.05) is 0 Å². The van der Waals surface area contributed by atoms with Crippen molar-refractivity contribution in [3.8, 4) is 0 Å². The Morgan fingerprint density at radius 1 is 1.14 bits per heavy atom. The van der Waals surface area contributed by atoms with Gasteiger partial charge in [0.1, 0.15) is 5.82 Å². The van der Waals surface area contributed by atoms with Crippen LogP contribution in [0.2, 0.25) is 0 Å². The summed E-state index contributed by atoms with van der Waals surface area (Å²) in [6.45, 7) is 7.13. The summed E-state index contributed by atoms with van der Waals surface area (Å²) in [6.07, 6.45) is 2.79. The zero-order chi connectivity index (χ0) is 20.1. The molecule has 142 valence electrons. The van der Waals surface area contributed by atoms with Crippen LogP contribution >= 0.6 is 0 Å². The second-order valence-corrected chi connectivity index (χ2v) is 8.22. The highest BCUT2D eigenvalue weighted by molar-refractivity contribution is 5.93. The SMILES string of the molecule is CC(C)(C)c1ccc(C=C2CCn3c2nc2cc(C(=O)O)ccc2c3=O)cc1. The van der Waals surface area contributed by atoms with Crippen LogP contribution in [-0.4, -0.2) is 20.6 Å². The molecule has 0 radical (unpaired) electrons. The van der Waals surface area contributed by atoms with E-state index in [1.165, 1.54) is 17.7 Å². The lowest BCUT2D eigenvalue weighted by molar-refractivity contribution is 0.0697. The molecular weight excluding hydrogens is 352 g/mol. The van der Waals surface area contributed by atoms with Crippen LogP contribution in [0, 0.1) is 0 Å². The van der Waals surface area contributed by atoms with Crippen LogP contribution in [0.1, 0.15) is 54.5 Å². The number of allylic oxidation sites excluding steroid dienone is 1. The monoisotopic (exact) mass is 374 g/mol. The summed E-state index contributed by atoms with van der Waals surface area (Å²) in [5, 5.41) is 9.66. The molecular formula is C23H22N2O3. The Hall–Kier alpha value is -3.21. The maximum absolute atomic E-state index is 12.8. The lowest BCUT2D eigenvalue weighted by Gasteiger charge is -2.18. The van der Waals surface area contributed by atoms with Gasteiger partial charge in [-0.2, -0.15) is 0 Å². The fourth-order valence-corrected chi connectivity index (χ4v) is 3.57. The quantitative estimate of drug-likeness (QED) is 0.724. The van der Waals surface area contributed by atoms with Gasteiger partial charge in [0, 0.05) is 6.54 Å². The Balaban J connectivity index is 1.79. The van der Waals surface area contributed by atoms with Crippen molar-refractivity contribution in [3.05, 3.63) is 75.3 Å². The van der Waals surface area contributed by atoms with Gasteiger partial charge in [0.15, 0.2) is 0 Å². The maximum Gasteiger partial charge on any atom is 0.335 e. The topological polar surface area (TPSA) is 72.2 Å². The van der Waals surface area contributed by atoms with Crippen LogP contribution in [0.15, 0.2) is 47.3 Å². The van der Waals surface area contributed by atoms with E-state index >= 15 is 0 Å². The van der Waals surface area contributed by atoms with Gasteiger partial charge in [0.2, 0.25) is 0 Å². The molecule has 3 aromatic rings. The van der Waals surface area contributed by atoms with E-state index in [2.05, 4.69) is 56.1 Å². The molecule has 0 aliphatic carbocycles. The van der Waals surface area contributed by atoms with Crippen molar-refractivity contribution in [1.29, 1.82) is 0 Å². The van der Waals surface area contributed by atoms with E-state index in [0.29, 0.717) is 23.3 Å². The summed E-state index contributed by atoms with van der Waals surface area (Å²) in [5.41, 5.74) is 3.85. The van der Waals surface area contributed by atoms with Crippen LogP contribution in [0.5, 0.6) is 0 Å². The van der Waals surface area contributed by atoms with Crippen LogP contribution in [0.25, 0.3) is 22.6 Å². The molecule has 0 saturated heterocycles. The van der Waals surface area contributed by atoms with E-state index in [9.17, 15) is 14.7 Å². The Labute approximate surface area is 163 Å². The van der Waals surface area contributed by atoms with E-state index < -0.39 is 5.97 Å². The first kappa shape index (κ1) is 18.2. The minimum absolute atomic E-state index is 0.0985. The average molecular weight is 374 g/mol. The number of nitrogens with zero attached hydrogens (tertiary/aromatic N) is 2. The maximum atomic E-state index is 12.8. The Morgan fingerprint density at radius 2 is 1.86 bits per heavy atom. The lowest BCUT2D eigenvalue weighted by Crippen LogP contribution is -2.21. The predicted octanol–water partition coefficient (Wildman–Crippen LogP) is 4.34. The van der Waals surface area contributed by atoms with Gasteiger partial charge >= 0.3 is 5.97 Å². The zero-order valence-electron chi connectivity index (χ0n) is 16.2. The third kappa shape index (κ3) is 3.13. The van der Waals surface area contributed by atoms with Gasteiger partial charge in [-0.3, -0.25) is 9.36 Å². The molecule has 0 bridgehead atoms. The van der Waals surface area contributed by atoms with Gasteiger partial charge in [0.25, 0.3) is 5.56 Å². The van der Waals surface area contributed by atoms with E-state index in [0.717, 1.165) is 17.6 Å². The summed E-state index contributed by atoms with van der Waals surface area (Å²) in [4.78, 5) is 28.7. The standard InChI is InChI=1S/C23H22N2O3/c1-23(2,3)17-7-4-14(5-8-17)12-15-10-11-25-20(15)24-19-13-16(22(27)28)6-9-18(19)21(25)26/h4-9,12-13H,10-11H2,1-3H3,(H,27,28). The number of rotatable bonds is 2. The molecule has 2 aromatic carbocycles. The summed E-state index contributed by atoms with van der Waals surface area (Å²) in [6, 6.07) is 12.9. The third-order valence-electron chi connectivity index (χ3n) is 5.21. The van der Waals surface area contributed by atoms with Gasteiger partial charge in [-0.25, -0.2) is 9.78 Å². The Kier molecular flexibility index (Phi) is 4.18. The van der Waals surface area contributed by atoms with Crippen LogP contribution < -0.4 is 5.56 Å². The third-order valence-corrected chi connectivity index (χ3v) is 5.21. The number of aromatic nitrogens is 2. The van der Waals surface area contributed by atoms with Crippen molar-refractivity contribution < 1.29 is 9.90 Å². The summed E-state index contributed by atoms with van der Waals surface area (Å²) < 4.78 is 1.68. The Bertz CT molecular complexity index is 1180.